The van der Waals surface area contributed by atoms with E-state index in [9.17, 15) is 58.2 Å². The van der Waals surface area contributed by atoms with Crippen molar-refractivity contribution in [2.24, 2.45) is 71.0 Å². The van der Waals surface area contributed by atoms with E-state index in [1.54, 1.807) is 76.2 Å². The number of carbonyl (C=O) groups excluding carboxylic acids is 1. The maximum Gasteiger partial charge on any atom is 0.251 e. The van der Waals surface area contributed by atoms with Crippen LogP contribution in [0.3, 0.4) is 0 Å². The summed E-state index contributed by atoms with van der Waals surface area (Å²) in [5.74, 6) is -3.05. The summed E-state index contributed by atoms with van der Waals surface area (Å²) in [7, 11) is 0. The van der Waals surface area contributed by atoms with Crippen LogP contribution in [0, 0.1) is 145 Å². The Labute approximate surface area is 599 Å². The zero-order chi connectivity index (χ0) is 72.8. The van der Waals surface area contributed by atoms with Gasteiger partial charge in [0.05, 0.1) is 11.9 Å². The van der Waals surface area contributed by atoms with Gasteiger partial charge in [0.2, 0.25) is 0 Å². The van der Waals surface area contributed by atoms with E-state index in [4.69, 9.17) is 0 Å². The standard InChI is InChI=1S/C22H30F4.C22H29F3.C22H32F2O.C22H30F2O/c1-14-3-10-18(11-4-14)22(25,26)13-16-6-8-17(9-7-16)19-12-5-15(2)20(23)21(19)24;1-14-3-8-18(9-4-14)20(23)13-16-6-10-17(11-7-16)19-12-5-15(2)21(24)22(19)25;2*1-14-3-8-18(9-4-14)20(25)13-16-6-10-17(11-7-16)19-12-5-15(2)21(23)22(19)24/h5,12,14,16-18H,3-4,6-11,13H2,1-2H3;5,12-14,16-18H,3-4,6-11H2,1-2H3;5,12,14,16-18,20,25H,3-4,6-11,13H2,1-2H3;5,12,14,16-18H,3-4,6-11,13H2,1-2H3/b;20-13-;;. The van der Waals surface area contributed by atoms with Crippen molar-refractivity contribution < 1.29 is 58.2 Å². The molecule has 0 aliphatic heterocycles. The summed E-state index contributed by atoms with van der Waals surface area (Å²) in [6.45, 7) is 15.3. The molecular weight excluding hydrogens is 1300 g/mol. The van der Waals surface area contributed by atoms with E-state index in [2.05, 4.69) is 27.7 Å². The highest BCUT2D eigenvalue weighted by molar-refractivity contribution is 5.81. The predicted octanol–water partition coefficient (Wildman–Crippen LogP) is 27.1. The fourth-order valence-corrected chi connectivity index (χ4v) is 18.9. The summed E-state index contributed by atoms with van der Waals surface area (Å²) in [6.07, 6.45) is 33.2. The van der Waals surface area contributed by atoms with Crippen LogP contribution in [0.15, 0.2) is 60.4 Å². The molecule has 1 atom stereocenters. The van der Waals surface area contributed by atoms with Crippen LogP contribution in [0.5, 0.6) is 0 Å². The molecule has 13 heteroatoms. The Morgan fingerprint density at radius 2 is 0.703 bits per heavy atom. The highest BCUT2D eigenvalue weighted by atomic mass is 19.3. The van der Waals surface area contributed by atoms with Gasteiger partial charge in [-0.25, -0.2) is 48.3 Å². The average molecular weight is 1420 g/mol. The van der Waals surface area contributed by atoms with Gasteiger partial charge in [0.1, 0.15) is 5.78 Å². The van der Waals surface area contributed by atoms with Crippen LogP contribution in [-0.2, 0) is 4.79 Å². The van der Waals surface area contributed by atoms with Crippen LogP contribution in [0.25, 0.3) is 0 Å². The third kappa shape index (κ3) is 22.1. The molecule has 8 aliphatic carbocycles. The summed E-state index contributed by atoms with van der Waals surface area (Å²) in [4.78, 5) is 12.6. The van der Waals surface area contributed by atoms with Crippen LogP contribution >= 0.6 is 0 Å². The second-order valence-electron chi connectivity index (χ2n) is 34.0. The van der Waals surface area contributed by atoms with E-state index in [0.29, 0.717) is 119 Å². The number of hydrogen-bond acceptors (Lipinski definition) is 2. The van der Waals surface area contributed by atoms with Gasteiger partial charge in [0, 0.05) is 30.6 Å². The molecule has 2 nitrogen and oxygen atoms in total. The normalized spacial score (nSPS) is 30.9. The number of aliphatic hydroxyl groups is 1. The second-order valence-corrected chi connectivity index (χ2v) is 34.0. The molecule has 8 aliphatic rings. The first-order chi connectivity index (χ1) is 48.1. The van der Waals surface area contributed by atoms with E-state index in [1.807, 2.05) is 6.08 Å². The Hall–Kier alpha value is -4.52. The van der Waals surface area contributed by atoms with Crippen molar-refractivity contribution in [3.63, 3.8) is 0 Å². The molecule has 1 unspecified atom stereocenters. The van der Waals surface area contributed by atoms with E-state index < -0.39 is 58.4 Å². The number of alkyl halides is 2. The molecule has 0 heterocycles. The van der Waals surface area contributed by atoms with Crippen LogP contribution in [-0.4, -0.2) is 22.9 Å². The van der Waals surface area contributed by atoms with Crippen molar-refractivity contribution >= 4 is 5.78 Å². The summed E-state index contributed by atoms with van der Waals surface area (Å²) in [6, 6.07) is 13.5. The van der Waals surface area contributed by atoms with Gasteiger partial charge in [-0.05, 0) is 316 Å². The number of halogens is 11. The number of benzene rings is 4. The Morgan fingerprint density at radius 3 is 1.07 bits per heavy atom. The minimum atomic E-state index is -2.58. The molecule has 8 saturated carbocycles. The maximum atomic E-state index is 14.7. The second kappa shape index (κ2) is 37.6. The van der Waals surface area contributed by atoms with Crippen molar-refractivity contribution in [1.29, 1.82) is 0 Å². The fraction of sp³-hybridized carbons (Fsp3) is 0.693. The van der Waals surface area contributed by atoms with E-state index in [1.165, 1.54) is 25.7 Å². The number of carbonyl (C=O) groups is 1. The van der Waals surface area contributed by atoms with Crippen molar-refractivity contribution in [2.75, 3.05) is 0 Å². The molecule has 0 bridgehead atoms. The molecule has 4 aromatic rings. The number of aliphatic hydroxyl groups excluding tert-OH is 1. The molecule has 8 fully saturated rings. The van der Waals surface area contributed by atoms with Gasteiger partial charge in [-0.1, -0.05) is 128 Å². The summed E-state index contributed by atoms with van der Waals surface area (Å²) < 4.78 is 156. The SMILES string of the molecule is Cc1ccc(C2CCC(/C=C(\F)C3CCC(C)CC3)CC2)c(F)c1F.Cc1ccc(C2CCC(CC(=O)C3CCC(C)CC3)CC2)c(F)c1F.Cc1ccc(C2CCC(CC(F)(F)C3CCC(C)CC3)CC2)c(F)c1F.Cc1ccc(C2CCC(CC(O)C3CCC(C)CC3)CC2)c(F)c1F. The van der Waals surface area contributed by atoms with Gasteiger partial charge < -0.3 is 5.11 Å². The lowest BCUT2D eigenvalue weighted by Crippen LogP contribution is -2.34. The molecule has 1 N–H and O–H groups in total. The quantitative estimate of drug-likeness (QED) is 0.120. The van der Waals surface area contributed by atoms with E-state index >= 15 is 0 Å². The van der Waals surface area contributed by atoms with E-state index in [0.717, 1.165) is 165 Å². The first-order valence-corrected chi connectivity index (χ1v) is 39.9. The number of ketones is 1. The Morgan fingerprint density at radius 1 is 0.396 bits per heavy atom. The molecule has 4 aromatic carbocycles. The lowest BCUT2D eigenvalue weighted by Gasteiger charge is -2.36. The third-order valence-electron chi connectivity index (χ3n) is 26.4. The minimum absolute atomic E-state index is 0.000966. The smallest absolute Gasteiger partial charge is 0.251 e. The number of hydrogen-bond donors (Lipinski definition) is 1. The zero-order valence-electron chi connectivity index (χ0n) is 62.3. The molecule has 0 spiro atoms. The summed E-state index contributed by atoms with van der Waals surface area (Å²) >= 11 is 0. The Kier molecular flexibility index (Phi) is 30.0. The van der Waals surface area contributed by atoms with Gasteiger partial charge in [0.25, 0.3) is 5.92 Å². The predicted molar refractivity (Wildman–Crippen MR) is 387 cm³/mol. The van der Waals surface area contributed by atoms with Gasteiger partial charge in [0.15, 0.2) is 46.5 Å². The highest BCUT2D eigenvalue weighted by Gasteiger charge is 2.44. The Bertz CT molecular complexity index is 3280. The zero-order valence-corrected chi connectivity index (χ0v) is 62.3. The van der Waals surface area contributed by atoms with Gasteiger partial charge in [-0.2, -0.15) is 0 Å². The van der Waals surface area contributed by atoms with Crippen molar-refractivity contribution in [2.45, 2.75) is 316 Å². The molecule has 12 rings (SSSR count). The number of Topliss-reactive ketones (excluding diaryl/α,β-unsaturated/α-hetero) is 1. The molecule has 0 radical (unpaired) electrons. The molecule has 101 heavy (non-hydrogen) atoms. The molecule has 0 saturated heterocycles. The first-order valence-electron chi connectivity index (χ1n) is 39.9. The van der Waals surface area contributed by atoms with Crippen molar-refractivity contribution in [3.8, 4) is 0 Å². The summed E-state index contributed by atoms with van der Waals surface area (Å²) in [5.41, 5.74) is 3.37. The van der Waals surface area contributed by atoms with Gasteiger partial charge in [-0.15, -0.1) is 0 Å². The summed E-state index contributed by atoms with van der Waals surface area (Å²) in [5, 5.41) is 10.6. The van der Waals surface area contributed by atoms with Crippen LogP contribution in [0.4, 0.5) is 48.3 Å². The number of allylic oxidation sites excluding steroid dienone is 2. The monoisotopic (exact) mass is 1420 g/mol. The highest BCUT2D eigenvalue weighted by Crippen LogP contribution is 2.49. The topological polar surface area (TPSA) is 37.3 Å². The number of rotatable bonds is 15. The van der Waals surface area contributed by atoms with Crippen LogP contribution < -0.4 is 0 Å². The molecule has 0 amide bonds. The van der Waals surface area contributed by atoms with E-state index in [-0.39, 0.29) is 65.7 Å². The minimum Gasteiger partial charge on any atom is -0.393 e. The number of aryl methyl sites for hydroxylation is 4. The Balaban J connectivity index is 0.000000157. The lowest BCUT2D eigenvalue weighted by molar-refractivity contribution is -0.125. The third-order valence-corrected chi connectivity index (χ3v) is 26.4. The first kappa shape index (κ1) is 80.6. The molecule has 562 valence electrons. The van der Waals surface area contributed by atoms with Crippen molar-refractivity contribution in [3.05, 3.63) is 151 Å². The lowest BCUT2D eigenvalue weighted by atomic mass is 9.73. The molecular formula is C88H121F11O2. The average Bonchev–Trinajstić information content (AvgIpc) is 0.833. The van der Waals surface area contributed by atoms with Gasteiger partial charge >= 0.3 is 0 Å². The van der Waals surface area contributed by atoms with Crippen LogP contribution in [0.1, 0.15) is 321 Å². The molecule has 0 aromatic heterocycles. The van der Waals surface area contributed by atoms with Crippen LogP contribution in [0.2, 0.25) is 0 Å². The largest absolute Gasteiger partial charge is 0.393 e. The van der Waals surface area contributed by atoms with Gasteiger partial charge in [-0.3, -0.25) is 4.79 Å². The fourth-order valence-electron chi connectivity index (χ4n) is 18.9. The maximum absolute atomic E-state index is 14.7. The van der Waals surface area contributed by atoms with Crippen molar-refractivity contribution in [1.82, 2.24) is 0 Å².